The van der Waals surface area contributed by atoms with Gasteiger partial charge in [0.1, 0.15) is 0 Å². The summed E-state index contributed by atoms with van der Waals surface area (Å²) in [7, 11) is 0. The standard InChI is InChI=1S/C12H14ClN3O/c1-7(8(2)15)12(17)16-11-4-3-9(6-14)5-10(11)13/h3-5,7-8H,15H2,1-2H3,(H,16,17). The number of nitrogens with two attached hydrogens (primary N) is 1. The molecule has 0 radical (unpaired) electrons. The van der Waals surface area contributed by atoms with Crippen LogP contribution < -0.4 is 11.1 Å². The molecule has 1 aromatic rings. The fourth-order valence-electron chi connectivity index (χ4n) is 1.17. The van der Waals surface area contributed by atoms with Crippen molar-refractivity contribution in [1.29, 1.82) is 5.26 Å². The lowest BCUT2D eigenvalue weighted by atomic mass is 10.0. The first-order chi connectivity index (χ1) is 7.95. The molecule has 5 heteroatoms. The molecule has 0 aromatic heterocycles. The molecule has 2 atom stereocenters. The highest BCUT2D eigenvalue weighted by Gasteiger charge is 2.17. The Labute approximate surface area is 105 Å². The summed E-state index contributed by atoms with van der Waals surface area (Å²) in [5, 5.41) is 11.7. The molecular weight excluding hydrogens is 238 g/mol. The molecule has 0 saturated carbocycles. The second-order valence-electron chi connectivity index (χ2n) is 3.94. The number of rotatable bonds is 3. The maximum absolute atomic E-state index is 11.7. The Morgan fingerprint density at radius 2 is 2.18 bits per heavy atom. The van der Waals surface area contributed by atoms with Gasteiger partial charge in [-0.1, -0.05) is 18.5 Å². The fraction of sp³-hybridized carbons (Fsp3) is 0.333. The predicted molar refractivity (Wildman–Crippen MR) is 67.6 cm³/mol. The number of benzene rings is 1. The van der Waals surface area contributed by atoms with Gasteiger partial charge in [0, 0.05) is 6.04 Å². The third kappa shape index (κ3) is 3.45. The van der Waals surface area contributed by atoms with Crippen molar-refractivity contribution >= 4 is 23.2 Å². The van der Waals surface area contributed by atoms with E-state index in [-0.39, 0.29) is 17.9 Å². The number of nitrogens with one attached hydrogen (secondary N) is 1. The molecular formula is C12H14ClN3O. The smallest absolute Gasteiger partial charge is 0.228 e. The van der Waals surface area contributed by atoms with Crippen LogP contribution in [0.3, 0.4) is 0 Å². The number of halogens is 1. The van der Waals surface area contributed by atoms with E-state index < -0.39 is 0 Å². The molecule has 1 aromatic carbocycles. The number of hydrogen-bond acceptors (Lipinski definition) is 3. The molecule has 0 aliphatic rings. The van der Waals surface area contributed by atoms with Crippen molar-refractivity contribution in [3.63, 3.8) is 0 Å². The Hall–Kier alpha value is -1.57. The van der Waals surface area contributed by atoms with Crippen molar-refractivity contribution in [3.05, 3.63) is 28.8 Å². The number of hydrogen-bond donors (Lipinski definition) is 2. The van der Waals surface area contributed by atoms with E-state index in [1.807, 2.05) is 6.07 Å². The monoisotopic (exact) mass is 251 g/mol. The van der Waals surface area contributed by atoms with Crippen molar-refractivity contribution in [1.82, 2.24) is 0 Å². The third-order valence-corrected chi connectivity index (χ3v) is 2.87. The number of nitrogens with zero attached hydrogens (tertiary/aromatic N) is 1. The van der Waals surface area contributed by atoms with Crippen LogP contribution in [0.15, 0.2) is 18.2 Å². The summed E-state index contributed by atoms with van der Waals surface area (Å²) in [6.45, 7) is 3.52. The Bertz CT molecular complexity index is 465. The first kappa shape index (κ1) is 13.5. The molecule has 3 N–H and O–H groups in total. The highest BCUT2D eigenvalue weighted by molar-refractivity contribution is 6.33. The number of carbonyl (C=O) groups excluding carboxylic acids is 1. The van der Waals surface area contributed by atoms with E-state index >= 15 is 0 Å². The van der Waals surface area contributed by atoms with Crippen molar-refractivity contribution < 1.29 is 4.79 Å². The minimum Gasteiger partial charge on any atom is -0.327 e. The molecule has 0 heterocycles. The molecule has 0 aliphatic heterocycles. The molecule has 2 unspecified atom stereocenters. The van der Waals surface area contributed by atoms with Crippen LogP contribution in [-0.2, 0) is 4.79 Å². The molecule has 17 heavy (non-hydrogen) atoms. The van der Waals surface area contributed by atoms with E-state index in [0.717, 1.165) is 0 Å². The summed E-state index contributed by atoms with van der Waals surface area (Å²) in [5.74, 6) is -0.492. The molecule has 0 fully saturated rings. The van der Waals surface area contributed by atoms with E-state index in [2.05, 4.69) is 5.32 Å². The second kappa shape index (κ2) is 5.67. The van der Waals surface area contributed by atoms with E-state index in [0.29, 0.717) is 16.3 Å². The van der Waals surface area contributed by atoms with Crippen molar-refractivity contribution in [2.24, 2.45) is 11.7 Å². The summed E-state index contributed by atoms with van der Waals surface area (Å²) in [6.07, 6.45) is 0. The highest BCUT2D eigenvalue weighted by atomic mass is 35.5. The molecule has 1 amide bonds. The average molecular weight is 252 g/mol. The number of carbonyl (C=O) groups is 1. The SMILES string of the molecule is CC(N)C(C)C(=O)Nc1ccc(C#N)cc1Cl. The van der Waals surface area contributed by atoms with Gasteiger partial charge in [-0.2, -0.15) is 5.26 Å². The van der Waals surface area contributed by atoms with Crippen LogP contribution in [0.2, 0.25) is 5.02 Å². The molecule has 0 aliphatic carbocycles. The Morgan fingerprint density at radius 3 is 2.65 bits per heavy atom. The van der Waals surface area contributed by atoms with Crippen LogP contribution in [0.4, 0.5) is 5.69 Å². The van der Waals surface area contributed by atoms with Gasteiger partial charge in [0.2, 0.25) is 5.91 Å². The molecule has 90 valence electrons. The second-order valence-corrected chi connectivity index (χ2v) is 4.35. The molecule has 0 saturated heterocycles. The van der Waals surface area contributed by atoms with Gasteiger partial charge >= 0.3 is 0 Å². The largest absolute Gasteiger partial charge is 0.327 e. The van der Waals surface area contributed by atoms with Crippen LogP contribution in [0, 0.1) is 17.2 Å². The summed E-state index contributed by atoms with van der Waals surface area (Å²) >= 11 is 5.94. The third-order valence-electron chi connectivity index (χ3n) is 2.56. The van der Waals surface area contributed by atoms with Crippen LogP contribution >= 0.6 is 11.6 Å². The van der Waals surface area contributed by atoms with Crippen molar-refractivity contribution in [2.75, 3.05) is 5.32 Å². The summed E-state index contributed by atoms with van der Waals surface area (Å²) < 4.78 is 0. The lowest BCUT2D eigenvalue weighted by Crippen LogP contribution is -2.34. The van der Waals surface area contributed by atoms with Gasteiger partial charge in [0.25, 0.3) is 0 Å². The zero-order chi connectivity index (χ0) is 13.0. The lowest BCUT2D eigenvalue weighted by Gasteiger charge is -2.15. The lowest BCUT2D eigenvalue weighted by molar-refractivity contribution is -0.119. The van der Waals surface area contributed by atoms with Gasteiger partial charge in [-0.3, -0.25) is 4.79 Å². The Kier molecular flexibility index (Phi) is 4.50. The van der Waals surface area contributed by atoms with Crippen LogP contribution in [0.1, 0.15) is 19.4 Å². The quantitative estimate of drug-likeness (QED) is 0.864. The zero-order valence-corrected chi connectivity index (χ0v) is 10.5. The predicted octanol–water partition coefficient (Wildman–Crippen LogP) is 2.13. The van der Waals surface area contributed by atoms with E-state index in [1.54, 1.807) is 26.0 Å². The van der Waals surface area contributed by atoms with E-state index in [4.69, 9.17) is 22.6 Å². The Morgan fingerprint density at radius 1 is 1.53 bits per heavy atom. The van der Waals surface area contributed by atoms with Crippen LogP contribution in [0.5, 0.6) is 0 Å². The maximum atomic E-state index is 11.7. The normalized spacial score (nSPS) is 13.6. The number of anilines is 1. The van der Waals surface area contributed by atoms with E-state index in [9.17, 15) is 4.79 Å². The van der Waals surface area contributed by atoms with Crippen molar-refractivity contribution in [3.8, 4) is 6.07 Å². The molecule has 0 spiro atoms. The minimum atomic E-state index is -0.304. The van der Waals surface area contributed by atoms with Gasteiger partial charge in [-0.15, -0.1) is 0 Å². The van der Waals surface area contributed by atoms with Gasteiger partial charge in [0.15, 0.2) is 0 Å². The van der Waals surface area contributed by atoms with E-state index in [1.165, 1.54) is 6.07 Å². The Balaban J connectivity index is 2.83. The maximum Gasteiger partial charge on any atom is 0.228 e. The van der Waals surface area contributed by atoms with Gasteiger partial charge in [-0.05, 0) is 25.1 Å². The van der Waals surface area contributed by atoms with Crippen LogP contribution in [-0.4, -0.2) is 11.9 Å². The average Bonchev–Trinajstić information content (AvgIpc) is 2.30. The minimum absolute atomic E-state index is 0.188. The first-order valence-electron chi connectivity index (χ1n) is 5.21. The summed E-state index contributed by atoms with van der Waals surface area (Å²) in [6, 6.07) is 6.45. The van der Waals surface area contributed by atoms with Crippen LogP contribution in [0.25, 0.3) is 0 Å². The summed E-state index contributed by atoms with van der Waals surface area (Å²) in [5.41, 5.74) is 6.58. The molecule has 4 nitrogen and oxygen atoms in total. The number of amides is 1. The topological polar surface area (TPSA) is 78.9 Å². The molecule has 1 rings (SSSR count). The number of nitriles is 1. The summed E-state index contributed by atoms with van der Waals surface area (Å²) in [4.78, 5) is 11.7. The van der Waals surface area contributed by atoms with Gasteiger partial charge in [-0.25, -0.2) is 0 Å². The zero-order valence-electron chi connectivity index (χ0n) is 9.70. The fourth-order valence-corrected chi connectivity index (χ4v) is 1.40. The highest BCUT2D eigenvalue weighted by Crippen LogP contribution is 2.23. The first-order valence-corrected chi connectivity index (χ1v) is 5.59. The van der Waals surface area contributed by atoms with Crippen molar-refractivity contribution in [2.45, 2.75) is 19.9 Å². The van der Waals surface area contributed by atoms with Gasteiger partial charge < -0.3 is 11.1 Å². The molecule has 0 bridgehead atoms. The van der Waals surface area contributed by atoms with Gasteiger partial charge in [0.05, 0.1) is 28.3 Å².